The van der Waals surface area contributed by atoms with Crippen LogP contribution in [0.3, 0.4) is 0 Å². The van der Waals surface area contributed by atoms with Crippen LogP contribution in [0.2, 0.25) is 0 Å². The van der Waals surface area contributed by atoms with Gasteiger partial charge in [0.05, 0.1) is 0 Å². The summed E-state index contributed by atoms with van der Waals surface area (Å²) in [4.78, 5) is 3.62. The number of aliphatic imine (C=N–C) groups is 1. The fourth-order valence-electron chi connectivity index (χ4n) is 0.690. The van der Waals surface area contributed by atoms with Gasteiger partial charge in [-0.25, -0.2) is 8.78 Å². The fourth-order valence-corrected chi connectivity index (χ4v) is 0.690. The van der Waals surface area contributed by atoms with Gasteiger partial charge in [-0.1, -0.05) is 12.7 Å². The minimum absolute atomic E-state index is 0.0596. The van der Waals surface area contributed by atoms with Gasteiger partial charge in [0, 0.05) is 18.8 Å². The molecule has 0 aliphatic carbocycles. The molecule has 0 saturated carbocycles. The molecule has 0 rings (SSSR count). The maximum atomic E-state index is 12.1. The van der Waals surface area contributed by atoms with Crippen LogP contribution in [-0.4, -0.2) is 19.7 Å². The van der Waals surface area contributed by atoms with Gasteiger partial charge in [-0.15, -0.1) is 0 Å². The molecule has 0 heterocycles. The van der Waals surface area contributed by atoms with Gasteiger partial charge in [0.1, 0.15) is 0 Å². The molecule has 0 aromatic carbocycles. The van der Waals surface area contributed by atoms with Crippen molar-refractivity contribution in [2.24, 2.45) is 4.99 Å². The van der Waals surface area contributed by atoms with Crippen LogP contribution < -0.4 is 0 Å². The van der Waals surface area contributed by atoms with E-state index in [4.69, 9.17) is 0 Å². The molecule has 0 aliphatic heterocycles. The molecule has 0 N–H and O–H groups in total. The first-order valence-corrected chi connectivity index (χ1v) is 3.17. The predicted octanol–water partition coefficient (Wildman–Crippen LogP) is 2.45. The molecule has 11 heavy (non-hydrogen) atoms. The predicted molar refractivity (Wildman–Crippen MR) is 43.3 cm³/mol. The molecule has 0 amide bonds. The Balaban J connectivity index is 4.67. The van der Waals surface area contributed by atoms with Crippen molar-refractivity contribution in [3.63, 3.8) is 0 Å². The number of rotatable bonds is 3. The summed E-state index contributed by atoms with van der Waals surface area (Å²) in [5.74, 6) is 0. The Morgan fingerprint density at radius 1 is 1.55 bits per heavy atom. The number of hydrogen-bond donors (Lipinski definition) is 0. The van der Waals surface area contributed by atoms with Crippen molar-refractivity contribution in [1.82, 2.24) is 0 Å². The highest BCUT2D eigenvalue weighted by molar-refractivity contribution is 5.79. The summed E-state index contributed by atoms with van der Waals surface area (Å²) in [6, 6.07) is 0. The molecule has 0 unspecified atom stereocenters. The van der Waals surface area contributed by atoms with E-state index in [9.17, 15) is 8.78 Å². The van der Waals surface area contributed by atoms with Gasteiger partial charge >= 0.3 is 0 Å². The van der Waals surface area contributed by atoms with Gasteiger partial charge in [-0.2, -0.15) is 0 Å². The van der Waals surface area contributed by atoms with Gasteiger partial charge in [0.25, 0.3) is 6.43 Å². The molecule has 0 aromatic heterocycles. The van der Waals surface area contributed by atoms with Crippen LogP contribution >= 0.6 is 0 Å². The number of alkyl halides is 2. The highest BCUT2D eigenvalue weighted by atomic mass is 19.3. The molecule has 0 atom stereocenters. The van der Waals surface area contributed by atoms with Gasteiger partial charge in [-0.3, -0.25) is 4.99 Å². The summed E-state index contributed by atoms with van der Waals surface area (Å²) < 4.78 is 24.2. The van der Waals surface area contributed by atoms with Gasteiger partial charge in [0.15, 0.2) is 0 Å². The quantitative estimate of drug-likeness (QED) is 0.443. The Kier molecular flexibility index (Phi) is 4.34. The van der Waals surface area contributed by atoms with Crippen LogP contribution in [-0.2, 0) is 0 Å². The van der Waals surface area contributed by atoms with Crippen LogP contribution in [0.4, 0.5) is 8.78 Å². The Labute approximate surface area is 65.1 Å². The van der Waals surface area contributed by atoms with Crippen molar-refractivity contribution in [2.75, 3.05) is 7.05 Å². The summed E-state index contributed by atoms with van der Waals surface area (Å²) in [5, 5.41) is 0. The average Bonchev–Trinajstić information content (AvgIpc) is 1.88. The zero-order valence-electron chi connectivity index (χ0n) is 6.64. The summed E-state index contributed by atoms with van der Waals surface area (Å²) in [7, 11) is 1.54. The van der Waals surface area contributed by atoms with E-state index in [0.717, 1.165) is 6.08 Å². The zero-order valence-corrected chi connectivity index (χ0v) is 6.64. The van der Waals surface area contributed by atoms with Crippen molar-refractivity contribution in [2.45, 2.75) is 13.3 Å². The second-order valence-corrected chi connectivity index (χ2v) is 2.03. The summed E-state index contributed by atoms with van der Waals surface area (Å²) >= 11 is 0. The maximum Gasteiger partial charge on any atom is 0.264 e. The topological polar surface area (TPSA) is 12.4 Å². The lowest BCUT2D eigenvalue weighted by Crippen LogP contribution is -1.97. The lowest BCUT2D eigenvalue weighted by atomic mass is 10.1. The van der Waals surface area contributed by atoms with Gasteiger partial charge < -0.3 is 0 Å². The van der Waals surface area contributed by atoms with E-state index in [-0.39, 0.29) is 5.57 Å². The van der Waals surface area contributed by atoms with E-state index in [0.29, 0.717) is 5.57 Å². The van der Waals surface area contributed by atoms with Crippen molar-refractivity contribution < 1.29 is 8.78 Å². The monoisotopic (exact) mass is 159 g/mol. The molecule has 0 aromatic rings. The minimum atomic E-state index is -2.47. The molecule has 3 heteroatoms. The molecule has 0 saturated heterocycles. The largest absolute Gasteiger partial charge is 0.296 e. The third-order valence-electron chi connectivity index (χ3n) is 1.23. The van der Waals surface area contributed by atoms with E-state index < -0.39 is 6.43 Å². The first kappa shape index (κ1) is 10.0. The molecule has 62 valence electrons. The summed E-state index contributed by atoms with van der Waals surface area (Å²) in [5.41, 5.74) is 0.396. The normalized spacial score (nSPS) is 13.9. The molecular weight excluding hydrogens is 148 g/mol. The van der Waals surface area contributed by atoms with Crippen LogP contribution in [0.1, 0.15) is 6.92 Å². The third kappa shape index (κ3) is 3.07. The van der Waals surface area contributed by atoms with Crippen LogP contribution in [0, 0.1) is 0 Å². The summed E-state index contributed by atoms with van der Waals surface area (Å²) in [6.07, 6.45) is 0.0794. The van der Waals surface area contributed by atoms with Crippen LogP contribution in [0.15, 0.2) is 28.8 Å². The standard InChI is InChI=1S/C8H11F2N/c1-4-7(8(9)10)6(2)5-11-3/h4-5,8H,1H2,2-3H3/b7-6+,11-5?. The number of allylic oxidation sites excluding steroid dienone is 3. The molecule has 0 radical (unpaired) electrons. The molecule has 0 fully saturated rings. The number of hydrogen-bond acceptors (Lipinski definition) is 1. The highest BCUT2D eigenvalue weighted by Crippen LogP contribution is 2.13. The van der Waals surface area contributed by atoms with E-state index >= 15 is 0 Å². The van der Waals surface area contributed by atoms with Crippen LogP contribution in [0.25, 0.3) is 0 Å². The Morgan fingerprint density at radius 3 is 2.36 bits per heavy atom. The van der Waals surface area contributed by atoms with Gasteiger partial charge in [-0.05, 0) is 12.5 Å². The van der Waals surface area contributed by atoms with Crippen molar-refractivity contribution in [1.29, 1.82) is 0 Å². The van der Waals surface area contributed by atoms with Gasteiger partial charge in [0.2, 0.25) is 0 Å². The molecular formula is C8H11F2N. The maximum absolute atomic E-state index is 12.1. The first-order valence-electron chi connectivity index (χ1n) is 3.17. The second-order valence-electron chi connectivity index (χ2n) is 2.03. The molecule has 0 aliphatic rings. The summed E-state index contributed by atoms with van der Waals surface area (Å²) in [6.45, 7) is 4.87. The lowest BCUT2D eigenvalue weighted by Gasteiger charge is -2.01. The molecule has 1 nitrogen and oxygen atoms in total. The first-order chi connectivity index (χ1) is 5.13. The molecule has 0 spiro atoms. The Morgan fingerprint density at radius 2 is 2.09 bits per heavy atom. The smallest absolute Gasteiger partial charge is 0.264 e. The number of nitrogens with zero attached hydrogens (tertiary/aromatic N) is 1. The zero-order chi connectivity index (χ0) is 8.85. The third-order valence-corrected chi connectivity index (χ3v) is 1.23. The minimum Gasteiger partial charge on any atom is -0.296 e. The van der Waals surface area contributed by atoms with E-state index in [2.05, 4.69) is 11.6 Å². The van der Waals surface area contributed by atoms with E-state index in [1.807, 2.05) is 0 Å². The Bertz CT molecular complexity index is 192. The lowest BCUT2D eigenvalue weighted by molar-refractivity contribution is 0.193. The van der Waals surface area contributed by atoms with E-state index in [1.54, 1.807) is 6.92 Å². The van der Waals surface area contributed by atoms with Crippen LogP contribution in [0.5, 0.6) is 0 Å². The SMILES string of the molecule is C=C/C(=C(/C)C=NC)C(F)F. The fraction of sp³-hybridized carbons (Fsp3) is 0.375. The number of halogens is 2. The van der Waals surface area contributed by atoms with E-state index in [1.165, 1.54) is 13.3 Å². The average molecular weight is 159 g/mol. The van der Waals surface area contributed by atoms with Crippen molar-refractivity contribution >= 4 is 6.21 Å². The molecule has 0 bridgehead atoms. The highest BCUT2D eigenvalue weighted by Gasteiger charge is 2.08. The second kappa shape index (κ2) is 4.77. The van der Waals surface area contributed by atoms with Crippen molar-refractivity contribution in [3.05, 3.63) is 23.8 Å². The van der Waals surface area contributed by atoms with Crippen molar-refractivity contribution in [3.8, 4) is 0 Å². The Hall–Kier alpha value is -0.990.